The maximum atomic E-state index is 13.2. The average Bonchev–Trinajstić information content (AvgIpc) is 2.28. The molecule has 1 saturated heterocycles. The predicted octanol–water partition coefficient (Wildman–Crippen LogP) is 2.96. The Morgan fingerprint density at radius 3 is 2.33 bits per heavy atom. The second-order valence-electron chi connectivity index (χ2n) is 5.34. The molecule has 1 aliphatic rings. The quantitative estimate of drug-likeness (QED) is 0.901. The topological polar surface area (TPSA) is 35.2 Å². The molecule has 2 rings (SSSR count). The Labute approximate surface area is 106 Å². The minimum Gasteiger partial charge on any atom is -0.381 e. The molecule has 1 heterocycles. The summed E-state index contributed by atoms with van der Waals surface area (Å²) in [6, 6.07) is 3.51. The van der Waals surface area contributed by atoms with E-state index in [1.54, 1.807) is 0 Å². The lowest BCUT2D eigenvalue weighted by Gasteiger charge is -2.32. The Bertz CT molecular complexity index is 394. The van der Waals surface area contributed by atoms with Crippen molar-refractivity contribution in [3.05, 3.63) is 35.4 Å². The first-order valence-corrected chi connectivity index (χ1v) is 6.30. The van der Waals surface area contributed by atoms with E-state index in [1.165, 1.54) is 12.1 Å². The van der Waals surface area contributed by atoms with Crippen molar-refractivity contribution in [2.45, 2.75) is 31.7 Å². The van der Waals surface area contributed by atoms with E-state index < -0.39 is 17.2 Å². The number of benzene rings is 1. The van der Waals surface area contributed by atoms with Crippen LogP contribution in [0.5, 0.6) is 0 Å². The zero-order valence-corrected chi connectivity index (χ0v) is 10.6. The molecule has 1 aliphatic heterocycles. The standard InChI is InChI=1S/C14H19F2NO/c1-14(17,9-10-2-4-18-5-3-10)11-6-12(15)8-13(16)7-11/h6-8,10H,2-5,9,17H2,1H3. The van der Waals surface area contributed by atoms with Crippen LogP contribution in [0.15, 0.2) is 18.2 Å². The summed E-state index contributed by atoms with van der Waals surface area (Å²) < 4.78 is 31.7. The number of hydrogen-bond acceptors (Lipinski definition) is 2. The Morgan fingerprint density at radius 1 is 1.22 bits per heavy atom. The number of nitrogens with two attached hydrogens (primary N) is 1. The fraction of sp³-hybridized carbons (Fsp3) is 0.571. The molecule has 2 N–H and O–H groups in total. The van der Waals surface area contributed by atoms with E-state index in [2.05, 4.69) is 0 Å². The normalized spacial score (nSPS) is 20.7. The van der Waals surface area contributed by atoms with Gasteiger partial charge < -0.3 is 10.5 Å². The van der Waals surface area contributed by atoms with Crippen molar-refractivity contribution in [3.63, 3.8) is 0 Å². The highest BCUT2D eigenvalue weighted by Gasteiger charge is 2.28. The lowest BCUT2D eigenvalue weighted by atomic mass is 9.81. The third-order valence-electron chi connectivity index (χ3n) is 3.58. The van der Waals surface area contributed by atoms with Gasteiger partial charge in [-0.2, -0.15) is 0 Å². The van der Waals surface area contributed by atoms with Gasteiger partial charge in [0.15, 0.2) is 0 Å². The van der Waals surface area contributed by atoms with E-state index >= 15 is 0 Å². The number of ether oxygens (including phenoxy) is 1. The Kier molecular flexibility index (Phi) is 3.97. The monoisotopic (exact) mass is 255 g/mol. The van der Waals surface area contributed by atoms with Crippen LogP contribution in [0.4, 0.5) is 8.78 Å². The van der Waals surface area contributed by atoms with E-state index in [0.29, 0.717) is 11.5 Å². The SMILES string of the molecule is CC(N)(CC1CCOCC1)c1cc(F)cc(F)c1. The molecule has 0 aliphatic carbocycles. The van der Waals surface area contributed by atoms with Crippen molar-refractivity contribution in [2.24, 2.45) is 11.7 Å². The molecule has 1 atom stereocenters. The molecule has 100 valence electrons. The van der Waals surface area contributed by atoms with Gasteiger partial charge in [-0.15, -0.1) is 0 Å². The molecule has 0 aromatic heterocycles. The maximum Gasteiger partial charge on any atom is 0.126 e. The zero-order chi connectivity index (χ0) is 13.2. The van der Waals surface area contributed by atoms with Gasteiger partial charge in [0.05, 0.1) is 0 Å². The van der Waals surface area contributed by atoms with Crippen molar-refractivity contribution in [1.29, 1.82) is 0 Å². The molecular weight excluding hydrogens is 236 g/mol. The van der Waals surface area contributed by atoms with E-state index in [9.17, 15) is 8.78 Å². The second-order valence-corrected chi connectivity index (χ2v) is 5.34. The van der Waals surface area contributed by atoms with Crippen molar-refractivity contribution in [2.75, 3.05) is 13.2 Å². The average molecular weight is 255 g/mol. The summed E-state index contributed by atoms with van der Waals surface area (Å²) in [6.45, 7) is 3.33. The third kappa shape index (κ3) is 3.27. The molecule has 0 radical (unpaired) electrons. The molecule has 2 nitrogen and oxygen atoms in total. The largest absolute Gasteiger partial charge is 0.381 e. The van der Waals surface area contributed by atoms with Crippen LogP contribution in [0, 0.1) is 17.6 Å². The highest BCUT2D eigenvalue weighted by Crippen LogP contribution is 2.31. The minimum absolute atomic E-state index is 0.458. The van der Waals surface area contributed by atoms with Gasteiger partial charge in [-0.05, 0) is 49.8 Å². The van der Waals surface area contributed by atoms with Crippen molar-refractivity contribution >= 4 is 0 Å². The lowest BCUT2D eigenvalue weighted by Crippen LogP contribution is -2.37. The van der Waals surface area contributed by atoms with Gasteiger partial charge in [-0.25, -0.2) is 8.78 Å². The van der Waals surface area contributed by atoms with Crippen LogP contribution >= 0.6 is 0 Å². The summed E-state index contributed by atoms with van der Waals surface area (Å²) in [4.78, 5) is 0. The Morgan fingerprint density at radius 2 is 1.78 bits per heavy atom. The van der Waals surface area contributed by atoms with E-state index in [0.717, 1.165) is 38.5 Å². The Balaban J connectivity index is 2.13. The molecule has 18 heavy (non-hydrogen) atoms. The third-order valence-corrected chi connectivity index (χ3v) is 3.58. The van der Waals surface area contributed by atoms with E-state index in [-0.39, 0.29) is 0 Å². The molecule has 0 spiro atoms. The van der Waals surface area contributed by atoms with Crippen molar-refractivity contribution in [1.82, 2.24) is 0 Å². The fourth-order valence-corrected chi connectivity index (χ4v) is 2.55. The molecule has 1 unspecified atom stereocenters. The van der Waals surface area contributed by atoms with Gasteiger partial charge in [0.2, 0.25) is 0 Å². The molecule has 1 aromatic rings. The van der Waals surface area contributed by atoms with Crippen LogP contribution in [0.1, 0.15) is 31.7 Å². The summed E-state index contributed by atoms with van der Waals surface area (Å²) >= 11 is 0. The highest BCUT2D eigenvalue weighted by atomic mass is 19.1. The molecular formula is C14H19F2NO. The highest BCUT2D eigenvalue weighted by molar-refractivity contribution is 5.25. The van der Waals surface area contributed by atoms with Crippen LogP contribution in [0.2, 0.25) is 0 Å². The molecule has 4 heteroatoms. The van der Waals surface area contributed by atoms with Gasteiger partial charge in [-0.3, -0.25) is 0 Å². The number of halogens is 2. The first-order chi connectivity index (χ1) is 8.47. The lowest BCUT2D eigenvalue weighted by molar-refractivity contribution is 0.0570. The predicted molar refractivity (Wildman–Crippen MR) is 66.1 cm³/mol. The molecule has 0 amide bonds. The summed E-state index contributed by atoms with van der Waals surface area (Å²) in [7, 11) is 0. The maximum absolute atomic E-state index is 13.2. The first kappa shape index (κ1) is 13.4. The number of rotatable bonds is 3. The van der Waals surface area contributed by atoms with Crippen LogP contribution in [0.25, 0.3) is 0 Å². The van der Waals surface area contributed by atoms with Crippen LogP contribution in [0.3, 0.4) is 0 Å². The summed E-state index contributed by atoms with van der Waals surface area (Å²) in [5.74, 6) is -0.692. The van der Waals surface area contributed by atoms with E-state index in [1.807, 2.05) is 6.92 Å². The minimum atomic E-state index is -0.703. The van der Waals surface area contributed by atoms with Crippen molar-refractivity contribution in [3.8, 4) is 0 Å². The van der Waals surface area contributed by atoms with Gasteiger partial charge in [0.25, 0.3) is 0 Å². The molecule has 0 saturated carbocycles. The second kappa shape index (κ2) is 5.33. The van der Waals surface area contributed by atoms with Crippen LogP contribution < -0.4 is 5.73 Å². The first-order valence-electron chi connectivity index (χ1n) is 6.30. The Hall–Kier alpha value is -1.00. The van der Waals surface area contributed by atoms with Gasteiger partial charge in [0.1, 0.15) is 11.6 Å². The van der Waals surface area contributed by atoms with Gasteiger partial charge >= 0.3 is 0 Å². The van der Waals surface area contributed by atoms with Crippen molar-refractivity contribution < 1.29 is 13.5 Å². The molecule has 1 fully saturated rings. The summed E-state index contributed by atoms with van der Waals surface area (Å²) in [5, 5.41) is 0. The summed E-state index contributed by atoms with van der Waals surface area (Å²) in [6.07, 6.45) is 2.65. The molecule has 1 aromatic carbocycles. The zero-order valence-electron chi connectivity index (χ0n) is 10.6. The van der Waals surface area contributed by atoms with E-state index in [4.69, 9.17) is 10.5 Å². The van der Waals surface area contributed by atoms with Gasteiger partial charge in [-0.1, -0.05) is 0 Å². The summed E-state index contributed by atoms with van der Waals surface area (Å²) in [5.41, 5.74) is 6.05. The number of hydrogen-bond donors (Lipinski definition) is 1. The smallest absolute Gasteiger partial charge is 0.126 e. The van der Waals surface area contributed by atoms with Crippen LogP contribution in [-0.2, 0) is 10.3 Å². The fourth-order valence-electron chi connectivity index (χ4n) is 2.55. The van der Waals surface area contributed by atoms with Gasteiger partial charge in [0, 0.05) is 24.8 Å². The molecule has 0 bridgehead atoms. The van der Waals surface area contributed by atoms with Crippen LogP contribution in [-0.4, -0.2) is 13.2 Å².